The topological polar surface area (TPSA) is 14.1 Å². The first-order valence-electron chi connectivity index (χ1n) is 9.18. The molecule has 2 aliphatic carbocycles. The summed E-state index contributed by atoms with van der Waals surface area (Å²) in [4.78, 5) is 5.46. The number of rotatable bonds is 5. The van der Waals surface area contributed by atoms with E-state index < -0.39 is 25.3 Å². The molecule has 0 radical (unpaired) electrons. The van der Waals surface area contributed by atoms with Crippen molar-refractivity contribution < 1.29 is 17.0 Å². The molecule has 0 aromatic heterocycles. The molecule has 0 aliphatic heterocycles. The van der Waals surface area contributed by atoms with Gasteiger partial charge in [-0.3, -0.25) is 0 Å². The fourth-order valence-corrected chi connectivity index (χ4v) is 9.57. The molecular weight excluding hydrogens is 389 g/mol. The van der Waals surface area contributed by atoms with Crippen LogP contribution in [0.15, 0.2) is 11.1 Å². The summed E-state index contributed by atoms with van der Waals surface area (Å²) in [6.07, 6.45) is 11.2. The van der Waals surface area contributed by atoms with Crippen LogP contribution in [0, 0.1) is 7.43 Å². The van der Waals surface area contributed by atoms with Crippen molar-refractivity contribution in [3.63, 3.8) is 0 Å². The molecule has 5 heteroatoms. The van der Waals surface area contributed by atoms with Gasteiger partial charge in [0.15, 0.2) is 0 Å². The van der Waals surface area contributed by atoms with Crippen molar-refractivity contribution in [2.24, 2.45) is 0 Å². The van der Waals surface area contributed by atoms with Crippen LogP contribution in [0.25, 0.3) is 4.98 Å². The molecule has 1 unspecified atom stereocenters. The third-order valence-electron chi connectivity index (χ3n) is 5.16. The van der Waals surface area contributed by atoms with E-state index in [0.717, 1.165) is 5.54 Å². The molecule has 1 nitrogen and oxygen atoms in total. The molecule has 0 N–H and O–H groups in total. The standard InChI is InChI=1S/C18H34NSi.CH3.2ClH.Ti/c1-6-7-14-20(5,19-18(2,3)4)17-13-12-15-10-8-9-11-16(15)17;;;;/h17H,6-14H2,1-5H3;1H3;2*1H;/q2*-1;;;+2/p-2/t17?,20-;;;;/m0..../s1. The minimum absolute atomic E-state index is 0. The molecule has 142 valence electrons. The van der Waals surface area contributed by atoms with Gasteiger partial charge in [-0.15, -0.1) is 5.54 Å². The molecule has 2 rings (SSSR count). The quantitative estimate of drug-likeness (QED) is 0.238. The van der Waals surface area contributed by atoms with Crippen molar-refractivity contribution in [3.05, 3.63) is 23.6 Å². The predicted octanol–water partition coefficient (Wildman–Crippen LogP) is 8.40. The number of nitrogens with zero attached hydrogens (tertiary/aromatic N) is 1. The second-order valence-electron chi connectivity index (χ2n) is 8.24. The second kappa shape index (κ2) is 11.8. The van der Waals surface area contributed by atoms with Crippen LogP contribution >= 0.6 is 18.6 Å². The summed E-state index contributed by atoms with van der Waals surface area (Å²) >= 11 is -0.556. The summed E-state index contributed by atoms with van der Waals surface area (Å²) in [7, 11) is 8.26. The summed E-state index contributed by atoms with van der Waals surface area (Å²) in [6, 6.07) is 1.40. The van der Waals surface area contributed by atoms with Gasteiger partial charge < -0.3 is 12.4 Å². The Morgan fingerprint density at radius 1 is 1.17 bits per heavy atom. The van der Waals surface area contributed by atoms with Gasteiger partial charge in [0, 0.05) is 0 Å². The molecular formula is C19H37Cl2NSiTi-2. The van der Waals surface area contributed by atoms with Crippen LogP contribution in [0.4, 0.5) is 0 Å². The first kappa shape index (κ1) is 25.2. The van der Waals surface area contributed by atoms with E-state index in [1.54, 1.807) is 0 Å². The van der Waals surface area contributed by atoms with E-state index in [9.17, 15) is 0 Å². The van der Waals surface area contributed by atoms with E-state index in [2.05, 4.69) is 34.2 Å². The minimum atomic E-state index is -1.51. The summed E-state index contributed by atoms with van der Waals surface area (Å²) in [6.45, 7) is 11.8. The zero-order valence-corrected chi connectivity index (χ0v) is 20.7. The van der Waals surface area contributed by atoms with Crippen LogP contribution in [-0.2, 0) is 17.0 Å². The van der Waals surface area contributed by atoms with Crippen LogP contribution in [0.1, 0.15) is 79.1 Å². The Labute approximate surface area is 169 Å². The van der Waals surface area contributed by atoms with E-state index in [1.165, 1.54) is 57.4 Å². The van der Waals surface area contributed by atoms with E-state index in [4.69, 9.17) is 23.6 Å². The first-order chi connectivity index (χ1) is 10.8. The van der Waals surface area contributed by atoms with Crippen molar-refractivity contribution in [1.82, 2.24) is 0 Å². The Balaban J connectivity index is 0.00000123. The SMILES string of the molecule is CCCC[Si@](C)([N-]C(C)(C)C)C1CCC2=C1CCCC2.[CH3-].[Cl][Ti][Cl]. The van der Waals surface area contributed by atoms with Gasteiger partial charge in [0.1, 0.15) is 0 Å². The van der Waals surface area contributed by atoms with E-state index in [0.29, 0.717) is 0 Å². The van der Waals surface area contributed by atoms with Crippen molar-refractivity contribution in [2.45, 2.75) is 103 Å². The zero-order valence-electron chi connectivity index (χ0n) is 16.6. The molecule has 0 spiro atoms. The molecule has 2 aliphatic rings. The summed E-state index contributed by atoms with van der Waals surface area (Å²) < 4.78 is 0. The Hall–Kier alpha value is 1.21. The van der Waals surface area contributed by atoms with Gasteiger partial charge in [-0.25, -0.2) is 0 Å². The summed E-state index contributed by atoms with van der Waals surface area (Å²) in [5.74, 6) is 0. The maximum atomic E-state index is 5.46. The normalized spacial score (nSPS) is 22.7. The first-order valence-corrected chi connectivity index (χ1v) is 16.2. The van der Waals surface area contributed by atoms with E-state index >= 15 is 0 Å². The number of hydrogen-bond acceptors (Lipinski definition) is 0. The van der Waals surface area contributed by atoms with Crippen molar-refractivity contribution >= 4 is 26.8 Å². The molecule has 24 heavy (non-hydrogen) atoms. The average Bonchev–Trinajstić information content (AvgIpc) is 2.89. The Kier molecular flexibility index (Phi) is 12.4. The average molecular weight is 426 g/mol. The molecule has 0 aromatic carbocycles. The maximum absolute atomic E-state index is 5.46. The van der Waals surface area contributed by atoms with Gasteiger partial charge in [0.25, 0.3) is 0 Å². The molecule has 0 saturated heterocycles. The molecule has 0 saturated carbocycles. The predicted molar refractivity (Wildman–Crippen MR) is 111 cm³/mol. The van der Waals surface area contributed by atoms with Crippen molar-refractivity contribution in [3.8, 4) is 0 Å². The molecule has 0 amide bonds. The Morgan fingerprint density at radius 2 is 1.75 bits per heavy atom. The van der Waals surface area contributed by atoms with E-state index in [-0.39, 0.29) is 13.0 Å². The fourth-order valence-electron chi connectivity index (χ4n) is 4.49. The number of unbranched alkanes of at least 4 members (excludes halogenated alkanes) is 1. The third kappa shape index (κ3) is 7.84. The number of halogens is 2. The van der Waals surface area contributed by atoms with Crippen molar-refractivity contribution in [1.29, 1.82) is 0 Å². The Morgan fingerprint density at radius 3 is 2.29 bits per heavy atom. The number of allylic oxidation sites excluding steroid dienone is 2. The van der Waals surface area contributed by atoms with Gasteiger partial charge in [0.2, 0.25) is 0 Å². The van der Waals surface area contributed by atoms with Gasteiger partial charge in [0.05, 0.1) is 0 Å². The molecule has 0 heterocycles. The Bertz CT molecular complexity index is 395. The van der Waals surface area contributed by atoms with Crippen molar-refractivity contribution in [2.75, 3.05) is 0 Å². The molecule has 0 fully saturated rings. The molecule has 0 bridgehead atoms. The van der Waals surface area contributed by atoms with E-state index in [1.807, 2.05) is 11.1 Å². The van der Waals surface area contributed by atoms with Crippen LogP contribution < -0.4 is 0 Å². The second-order valence-corrected chi connectivity index (χ2v) is 15.0. The van der Waals surface area contributed by atoms with Gasteiger partial charge >= 0.3 is 35.6 Å². The monoisotopic (exact) mass is 425 g/mol. The van der Waals surface area contributed by atoms with Crippen LogP contribution in [-0.4, -0.2) is 13.8 Å². The third-order valence-corrected chi connectivity index (χ3v) is 9.85. The van der Waals surface area contributed by atoms with Gasteiger partial charge in [-0.05, 0) is 44.1 Å². The zero-order chi connectivity index (χ0) is 17.5. The van der Waals surface area contributed by atoms with Crippen LogP contribution in [0.2, 0.25) is 18.1 Å². The van der Waals surface area contributed by atoms with Crippen LogP contribution in [0.5, 0.6) is 0 Å². The molecule has 2 atom stereocenters. The fraction of sp³-hybridized carbons (Fsp3) is 0.842. The van der Waals surface area contributed by atoms with Gasteiger partial charge in [-0.2, -0.15) is 0 Å². The summed E-state index contributed by atoms with van der Waals surface area (Å²) in [5, 5.41) is 0. The molecule has 0 aromatic rings. The van der Waals surface area contributed by atoms with Crippen LogP contribution in [0.3, 0.4) is 0 Å². The van der Waals surface area contributed by atoms with Gasteiger partial charge in [-0.1, -0.05) is 72.5 Å². The summed E-state index contributed by atoms with van der Waals surface area (Å²) in [5.41, 5.74) is 4.76. The number of hydrogen-bond donors (Lipinski definition) is 0.